The highest BCUT2D eigenvalue weighted by Gasteiger charge is 2.01. The van der Waals surface area contributed by atoms with Crippen LogP contribution in [0.4, 0.5) is 0 Å². The Labute approximate surface area is 118 Å². The topological polar surface area (TPSA) is 0 Å². The van der Waals surface area contributed by atoms with Crippen molar-refractivity contribution in [3.63, 3.8) is 0 Å². The van der Waals surface area contributed by atoms with E-state index in [1.54, 1.807) is 0 Å². The molecule has 0 fully saturated rings. The minimum atomic E-state index is 1.16. The molecule has 20 heavy (non-hydrogen) atoms. The van der Waals surface area contributed by atoms with E-state index in [-0.39, 0.29) is 0 Å². The summed E-state index contributed by atoms with van der Waals surface area (Å²) in [5.74, 6) is 0. The SMILES string of the molecule is [c]1cccc2cc(-c3ccc4ccccc4c3)ccc12. The van der Waals surface area contributed by atoms with Gasteiger partial charge in [-0.05, 0) is 50.9 Å². The smallest absolute Gasteiger partial charge is 0.00992 e. The van der Waals surface area contributed by atoms with Crippen LogP contribution in [0.1, 0.15) is 0 Å². The van der Waals surface area contributed by atoms with E-state index in [9.17, 15) is 0 Å². The van der Waals surface area contributed by atoms with E-state index in [1.165, 1.54) is 27.3 Å². The van der Waals surface area contributed by atoms with Crippen LogP contribution >= 0.6 is 0 Å². The molecule has 0 heteroatoms. The van der Waals surface area contributed by atoms with Gasteiger partial charge in [-0.3, -0.25) is 0 Å². The van der Waals surface area contributed by atoms with Crippen LogP contribution in [0.2, 0.25) is 0 Å². The second kappa shape index (κ2) is 4.50. The molecule has 0 saturated carbocycles. The van der Waals surface area contributed by atoms with E-state index >= 15 is 0 Å². The highest BCUT2D eigenvalue weighted by molar-refractivity contribution is 5.91. The first-order valence-electron chi connectivity index (χ1n) is 6.80. The van der Waals surface area contributed by atoms with E-state index in [0.29, 0.717) is 0 Å². The van der Waals surface area contributed by atoms with Crippen LogP contribution in [0.5, 0.6) is 0 Å². The third kappa shape index (κ3) is 1.86. The molecule has 0 saturated heterocycles. The highest BCUT2D eigenvalue weighted by atomic mass is 14.1. The summed E-state index contributed by atoms with van der Waals surface area (Å²) < 4.78 is 0. The first-order chi connectivity index (χ1) is 9.90. The summed E-state index contributed by atoms with van der Waals surface area (Å²) in [5, 5.41) is 4.96. The molecule has 4 aromatic carbocycles. The third-order valence-corrected chi connectivity index (χ3v) is 3.75. The van der Waals surface area contributed by atoms with Gasteiger partial charge >= 0.3 is 0 Å². The Kier molecular flexibility index (Phi) is 2.53. The summed E-state index contributed by atoms with van der Waals surface area (Å²) in [7, 11) is 0. The third-order valence-electron chi connectivity index (χ3n) is 3.75. The number of benzene rings is 4. The maximum Gasteiger partial charge on any atom is -0.00992 e. The van der Waals surface area contributed by atoms with E-state index in [0.717, 1.165) is 5.39 Å². The predicted octanol–water partition coefficient (Wildman–Crippen LogP) is 5.46. The lowest BCUT2D eigenvalue weighted by atomic mass is 9.99. The second-order valence-electron chi connectivity index (χ2n) is 5.03. The van der Waals surface area contributed by atoms with Crippen LogP contribution in [0.3, 0.4) is 0 Å². The molecule has 4 aromatic rings. The van der Waals surface area contributed by atoms with E-state index < -0.39 is 0 Å². The van der Waals surface area contributed by atoms with E-state index in [1.807, 2.05) is 12.1 Å². The number of hydrogen-bond donors (Lipinski definition) is 0. The lowest BCUT2D eigenvalue weighted by Crippen LogP contribution is -1.80. The first kappa shape index (κ1) is 11.2. The molecular formula is C20H13. The summed E-state index contributed by atoms with van der Waals surface area (Å²) >= 11 is 0. The minimum Gasteiger partial charge on any atom is -0.0616 e. The molecule has 0 aliphatic carbocycles. The van der Waals surface area contributed by atoms with Gasteiger partial charge in [0.05, 0.1) is 0 Å². The lowest BCUT2D eigenvalue weighted by Gasteiger charge is -2.06. The molecule has 0 spiro atoms. The number of rotatable bonds is 1. The van der Waals surface area contributed by atoms with Crippen molar-refractivity contribution in [2.45, 2.75) is 0 Å². The Morgan fingerprint density at radius 3 is 2.15 bits per heavy atom. The molecule has 4 rings (SSSR count). The molecule has 0 atom stereocenters. The molecule has 0 bridgehead atoms. The van der Waals surface area contributed by atoms with Crippen molar-refractivity contribution in [3.05, 3.63) is 84.9 Å². The monoisotopic (exact) mass is 253 g/mol. The fourth-order valence-corrected chi connectivity index (χ4v) is 2.67. The maximum atomic E-state index is 3.26. The Morgan fingerprint density at radius 1 is 0.550 bits per heavy atom. The van der Waals surface area contributed by atoms with Gasteiger partial charge in [0.25, 0.3) is 0 Å². The molecule has 93 valence electrons. The fraction of sp³-hybridized carbons (Fsp3) is 0. The molecule has 0 unspecified atom stereocenters. The quantitative estimate of drug-likeness (QED) is 0.422. The molecule has 0 amide bonds. The van der Waals surface area contributed by atoms with Crippen LogP contribution in [-0.4, -0.2) is 0 Å². The molecule has 1 radical (unpaired) electrons. The Bertz CT molecular complexity index is 826. The van der Waals surface area contributed by atoms with Gasteiger partial charge < -0.3 is 0 Å². The standard InChI is InChI=1S/C20H13/c1-3-7-17-13-19(11-9-15(17)5-1)20-12-10-16-6-2-4-8-18(16)14-20/h1-5,7-14H. The highest BCUT2D eigenvalue weighted by Crippen LogP contribution is 2.27. The molecule has 0 N–H and O–H groups in total. The van der Waals surface area contributed by atoms with Crippen molar-refractivity contribution >= 4 is 21.5 Å². The van der Waals surface area contributed by atoms with Gasteiger partial charge in [0.15, 0.2) is 0 Å². The van der Waals surface area contributed by atoms with Crippen molar-refractivity contribution in [1.82, 2.24) is 0 Å². The summed E-state index contributed by atoms with van der Waals surface area (Å²) in [5.41, 5.74) is 2.51. The Hall–Kier alpha value is -2.60. The Morgan fingerprint density at radius 2 is 1.25 bits per heavy atom. The summed E-state index contributed by atoms with van der Waals surface area (Å²) in [6.07, 6.45) is 0. The van der Waals surface area contributed by atoms with Crippen LogP contribution < -0.4 is 0 Å². The average molecular weight is 253 g/mol. The minimum absolute atomic E-state index is 1.16. The maximum absolute atomic E-state index is 3.26. The van der Waals surface area contributed by atoms with Crippen LogP contribution in [0.15, 0.2) is 78.9 Å². The predicted molar refractivity (Wildman–Crippen MR) is 85.7 cm³/mol. The summed E-state index contributed by atoms with van der Waals surface area (Å²) in [6.45, 7) is 0. The fourth-order valence-electron chi connectivity index (χ4n) is 2.67. The van der Waals surface area contributed by atoms with Crippen molar-refractivity contribution in [1.29, 1.82) is 0 Å². The van der Waals surface area contributed by atoms with Crippen LogP contribution in [0, 0.1) is 6.07 Å². The molecule has 0 aromatic heterocycles. The van der Waals surface area contributed by atoms with Crippen molar-refractivity contribution in [2.24, 2.45) is 0 Å². The molecule has 0 nitrogen and oxygen atoms in total. The van der Waals surface area contributed by atoms with Gasteiger partial charge in [-0.15, -0.1) is 0 Å². The molecular weight excluding hydrogens is 240 g/mol. The molecule has 0 aliphatic heterocycles. The summed E-state index contributed by atoms with van der Waals surface area (Å²) in [4.78, 5) is 0. The van der Waals surface area contributed by atoms with E-state index in [2.05, 4.69) is 72.8 Å². The van der Waals surface area contributed by atoms with Gasteiger partial charge in [0.2, 0.25) is 0 Å². The van der Waals surface area contributed by atoms with Gasteiger partial charge in [0.1, 0.15) is 0 Å². The van der Waals surface area contributed by atoms with E-state index in [4.69, 9.17) is 0 Å². The van der Waals surface area contributed by atoms with Crippen molar-refractivity contribution < 1.29 is 0 Å². The summed E-state index contributed by atoms with van der Waals surface area (Å²) in [6, 6.07) is 31.0. The number of fused-ring (bicyclic) bond motifs is 2. The average Bonchev–Trinajstić information content (AvgIpc) is 2.54. The van der Waals surface area contributed by atoms with Gasteiger partial charge in [-0.1, -0.05) is 66.7 Å². The second-order valence-corrected chi connectivity index (χ2v) is 5.03. The molecule has 0 aliphatic rings. The molecule has 0 heterocycles. The lowest BCUT2D eigenvalue weighted by molar-refractivity contribution is 1.67. The van der Waals surface area contributed by atoms with Crippen molar-refractivity contribution in [2.75, 3.05) is 0 Å². The Balaban J connectivity index is 1.91. The normalized spacial score (nSPS) is 11.0. The van der Waals surface area contributed by atoms with Gasteiger partial charge in [0, 0.05) is 0 Å². The number of hydrogen-bond acceptors (Lipinski definition) is 0. The largest absolute Gasteiger partial charge is 0.0616 e. The van der Waals surface area contributed by atoms with Crippen LogP contribution in [-0.2, 0) is 0 Å². The van der Waals surface area contributed by atoms with Gasteiger partial charge in [-0.25, -0.2) is 0 Å². The van der Waals surface area contributed by atoms with Crippen molar-refractivity contribution in [3.8, 4) is 11.1 Å². The van der Waals surface area contributed by atoms with Gasteiger partial charge in [-0.2, -0.15) is 0 Å². The first-order valence-corrected chi connectivity index (χ1v) is 6.80. The zero-order valence-electron chi connectivity index (χ0n) is 11.0. The zero-order chi connectivity index (χ0) is 13.4. The van der Waals surface area contributed by atoms with Crippen LogP contribution in [0.25, 0.3) is 32.7 Å². The zero-order valence-corrected chi connectivity index (χ0v) is 11.0.